The van der Waals surface area contributed by atoms with Gasteiger partial charge >= 0.3 is 0 Å². The fourth-order valence-corrected chi connectivity index (χ4v) is 13.3. The van der Waals surface area contributed by atoms with Gasteiger partial charge in [-0.25, -0.2) is 4.98 Å². The molecule has 14 rings (SSSR count). The Balaban J connectivity index is 0.892. The summed E-state index contributed by atoms with van der Waals surface area (Å²) >= 11 is 5.51. The van der Waals surface area contributed by atoms with E-state index in [1.165, 1.54) is 100 Å². The van der Waals surface area contributed by atoms with Crippen LogP contribution in [0.15, 0.2) is 218 Å². The normalized spacial score (nSPS) is 11.9. The number of benzene rings is 10. The summed E-state index contributed by atoms with van der Waals surface area (Å²) in [6.07, 6.45) is 0. The molecule has 0 bridgehead atoms. The lowest BCUT2D eigenvalue weighted by Gasteiger charge is -2.10. The molecule has 66 heavy (non-hydrogen) atoms. The first-order valence-corrected chi connectivity index (χ1v) is 24.7. The van der Waals surface area contributed by atoms with E-state index in [1.807, 2.05) is 22.7 Å². The summed E-state index contributed by atoms with van der Waals surface area (Å²) in [6, 6.07) is 80.3. The number of hydrogen-bond donors (Lipinski definition) is 0. The molecule has 4 aromatic heterocycles. The third kappa shape index (κ3) is 6.01. The Morgan fingerprint density at radius 3 is 1.42 bits per heavy atom. The number of thiazole rings is 1. The summed E-state index contributed by atoms with van der Waals surface area (Å²) in [7, 11) is 0. The highest BCUT2D eigenvalue weighted by Gasteiger charge is 2.19. The van der Waals surface area contributed by atoms with Crippen molar-refractivity contribution in [2.75, 3.05) is 0 Å². The van der Waals surface area contributed by atoms with Gasteiger partial charge in [0.25, 0.3) is 0 Å². The van der Waals surface area contributed by atoms with Gasteiger partial charge in [-0.15, -0.1) is 34.0 Å². The van der Waals surface area contributed by atoms with Gasteiger partial charge in [0.1, 0.15) is 5.01 Å². The first kappa shape index (κ1) is 37.7. The first-order chi connectivity index (χ1) is 32.7. The van der Waals surface area contributed by atoms with Crippen molar-refractivity contribution >= 4 is 106 Å². The van der Waals surface area contributed by atoms with Crippen molar-refractivity contribution in [2.45, 2.75) is 0 Å². The quantitative estimate of drug-likeness (QED) is 0.163. The van der Waals surface area contributed by atoms with E-state index in [0.717, 1.165) is 32.9 Å². The molecule has 0 spiro atoms. The summed E-state index contributed by atoms with van der Waals surface area (Å²) < 4.78 is 8.86. The van der Waals surface area contributed by atoms with Crippen LogP contribution in [0.25, 0.3) is 133 Å². The van der Waals surface area contributed by atoms with Crippen LogP contribution in [0, 0.1) is 0 Å². The Bertz CT molecular complexity index is 4010. The number of nitrogens with zero attached hydrogens (tertiary/aromatic N) is 2. The van der Waals surface area contributed by atoms with Crippen molar-refractivity contribution in [1.82, 2.24) is 9.55 Å². The predicted octanol–water partition coefficient (Wildman–Crippen LogP) is 18.5. The SMILES string of the molecule is c1ccc(-n2c3ccccc3c3cc(-c4nc5c(-c6ccc(-c7ccc8sc9ccccc9c8c7)cc6)ccc(-c6ccc(-c7ccc8sc9ccccc9c8c7)cc6)c5s4)ccc32)cc1. The second kappa shape index (κ2) is 14.9. The molecule has 0 fully saturated rings. The van der Waals surface area contributed by atoms with Crippen LogP contribution in [-0.4, -0.2) is 9.55 Å². The van der Waals surface area contributed by atoms with Crippen molar-refractivity contribution in [3.05, 3.63) is 218 Å². The molecule has 5 heteroatoms. The first-order valence-electron chi connectivity index (χ1n) is 22.3. The maximum atomic E-state index is 5.56. The largest absolute Gasteiger partial charge is 0.309 e. The van der Waals surface area contributed by atoms with Crippen LogP contribution in [0.2, 0.25) is 0 Å². The number of para-hydroxylation sites is 2. The van der Waals surface area contributed by atoms with Crippen molar-refractivity contribution in [1.29, 1.82) is 0 Å². The van der Waals surface area contributed by atoms with E-state index in [-0.39, 0.29) is 0 Å². The fraction of sp³-hybridized carbons (Fsp3) is 0. The molecular formula is C61H36N2S3. The number of hydrogen-bond acceptors (Lipinski definition) is 4. The summed E-state index contributed by atoms with van der Waals surface area (Å²) in [6.45, 7) is 0. The Morgan fingerprint density at radius 2 is 0.773 bits per heavy atom. The van der Waals surface area contributed by atoms with E-state index in [0.29, 0.717) is 0 Å². The number of aromatic nitrogens is 2. The van der Waals surface area contributed by atoms with E-state index in [2.05, 4.69) is 223 Å². The molecule has 308 valence electrons. The molecule has 0 N–H and O–H groups in total. The van der Waals surface area contributed by atoms with Crippen molar-refractivity contribution < 1.29 is 0 Å². The molecule has 10 aromatic carbocycles. The highest BCUT2D eigenvalue weighted by atomic mass is 32.1. The van der Waals surface area contributed by atoms with Gasteiger partial charge in [-0.2, -0.15) is 0 Å². The Hall–Kier alpha value is -7.67. The Labute approximate surface area is 392 Å². The van der Waals surface area contributed by atoms with E-state index >= 15 is 0 Å². The van der Waals surface area contributed by atoms with Crippen LogP contribution in [0.1, 0.15) is 0 Å². The van der Waals surface area contributed by atoms with Crippen molar-refractivity contribution in [2.24, 2.45) is 0 Å². The maximum Gasteiger partial charge on any atom is 0.124 e. The molecule has 14 aromatic rings. The Morgan fingerprint density at radius 1 is 0.303 bits per heavy atom. The molecule has 0 aliphatic carbocycles. The van der Waals surface area contributed by atoms with Gasteiger partial charge in [-0.3, -0.25) is 0 Å². The van der Waals surface area contributed by atoms with E-state index in [4.69, 9.17) is 4.98 Å². The van der Waals surface area contributed by atoms with Crippen molar-refractivity contribution in [3.63, 3.8) is 0 Å². The topological polar surface area (TPSA) is 17.8 Å². The standard InChI is InChI=1S/C61H36N2S3/c1-2-10-44(11-3-1)63-53-15-7-4-12-47(53)50-36-43(26-31-54(50)63)61-62-59-45(39-22-18-37(19-23-39)41-27-32-57-51(34-41)48-13-5-8-16-55(48)64-57)29-30-46(60(59)66-61)40-24-20-38(21-25-40)42-28-33-58-52(35-42)49-14-6-9-17-56(49)65-58/h1-36H. The van der Waals surface area contributed by atoms with Crippen molar-refractivity contribution in [3.8, 4) is 60.8 Å². The number of rotatable bonds is 6. The average molecular weight is 893 g/mol. The summed E-state index contributed by atoms with van der Waals surface area (Å²) in [5.41, 5.74) is 15.2. The van der Waals surface area contributed by atoms with E-state index in [1.54, 1.807) is 11.3 Å². The van der Waals surface area contributed by atoms with E-state index in [9.17, 15) is 0 Å². The average Bonchev–Trinajstić information content (AvgIpc) is 4.17. The van der Waals surface area contributed by atoms with Crippen LogP contribution in [-0.2, 0) is 0 Å². The minimum Gasteiger partial charge on any atom is -0.309 e. The molecule has 0 unspecified atom stereocenters. The fourth-order valence-electron chi connectivity index (χ4n) is 10.0. The lowest BCUT2D eigenvalue weighted by atomic mass is 9.95. The summed E-state index contributed by atoms with van der Waals surface area (Å²) in [5.74, 6) is 0. The lowest BCUT2D eigenvalue weighted by molar-refractivity contribution is 1.18. The smallest absolute Gasteiger partial charge is 0.124 e. The molecule has 0 atom stereocenters. The highest BCUT2D eigenvalue weighted by Crippen LogP contribution is 2.45. The second-order valence-corrected chi connectivity index (χ2v) is 20.2. The Kier molecular flexibility index (Phi) is 8.53. The highest BCUT2D eigenvalue weighted by molar-refractivity contribution is 7.26. The summed E-state index contributed by atoms with van der Waals surface area (Å²) in [5, 5.41) is 8.75. The van der Waals surface area contributed by atoms with Crippen LogP contribution in [0.3, 0.4) is 0 Å². The zero-order valence-corrected chi connectivity index (χ0v) is 37.9. The second-order valence-electron chi connectivity index (χ2n) is 17.1. The van der Waals surface area contributed by atoms with Crippen LogP contribution < -0.4 is 0 Å². The van der Waals surface area contributed by atoms with Gasteiger partial charge < -0.3 is 4.57 Å². The zero-order valence-electron chi connectivity index (χ0n) is 35.4. The van der Waals surface area contributed by atoms with Crippen LogP contribution >= 0.6 is 34.0 Å². The molecule has 0 amide bonds. The molecule has 2 nitrogen and oxygen atoms in total. The van der Waals surface area contributed by atoms with Gasteiger partial charge in [0.2, 0.25) is 0 Å². The predicted molar refractivity (Wildman–Crippen MR) is 287 cm³/mol. The monoisotopic (exact) mass is 892 g/mol. The molecule has 0 aliphatic rings. The minimum absolute atomic E-state index is 1.01. The third-order valence-electron chi connectivity index (χ3n) is 13.3. The molecular weight excluding hydrogens is 857 g/mol. The van der Waals surface area contributed by atoms with Gasteiger partial charge in [-0.1, -0.05) is 146 Å². The van der Waals surface area contributed by atoms with Crippen LogP contribution in [0.4, 0.5) is 0 Å². The van der Waals surface area contributed by atoms with E-state index < -0.39 is 0 Å². The van der Waals surface area contributed by atoms with Gasteiger partial charge in [-0.05, 0) is 106 Å². The molecule has 0 saturated carbocycles. The molecule has 4 heterocycles. The van der Waals surface area contributed by atoms with Crippen LogP contribution in [0.5, 0.6) is 0 Å². The van der Waals surface area contributed by atoms with Gasteiger partial charge in [0, 0.05) is 73.5 Å². The molecule has 0 aliphatic heterocycles. The number of fused-ring (bicyclic) bond motifs is 10. The minimum atomic E-state index is 1.01. The molecule has 0 saturated heterocycles. The van der Waals surface area contributed by atoms with Gasteiger partial charge in [0.05, 0.1) is 21.3 Å². The summed E-state index contributed by atoms with van der Waals surface area (Å²) in [4.78, 5) is 5.56. The zero-order chi connectivity index (χ0) is 43.3. The third-order valence-corrected chi connectivity index (χ3v) is 16.7. The number of thiophene rings is 2. The lowest BCUT2D eigenvalue weighted by Crippen LogP contribution is -1.92. The molecule has 0 radical (unpaired) electrons. The maximum absolute atomic E-state index is 5.56. The van der Waals surface area contributed by atoms with Gasteiger partial charge in [0.15, 0.2) is 0 Å².